The van der Waals surface area contributed by atoms with Crippen LogP contribution in [0.15, 0.2) is 40.9 Å². The van der Waals surface area contributed by atoms with Crippen LogP contribution < -0.4 is 11.1 Å². The molecule has 3 amide bonds. The molecule has 4 N–H and O–H groups in total. The van der Waals surface area contributed by atoms with Gasteiger partial charge in [0.2, 0.25) is 5.91 Å². The first-order valence-corrected chi connectivity index (χ1v) is 13.4. The molecule has 0 aromatic heterocycles. The lowest BCUT2D eigenvalue weighted by molar-refractivity contribution is -0.153. The summed E-state index contributed by atoms with van der Waals surface area (Å²) >= 11 is 3.02. The Kier molecular flexibility index (Phi) is 8.15. The number of alkyl halides is 3. The number of urea groups is 1. The largest absolute Gasteiger partial charge is 0.481 e. The van der Waals surface area contributed by atoms with Crippen LogP contribution in [-0.2, 0) is 28.6 Å². The summed E-state index contributed by atoms with van der Waals surface area (Å²) in [6, 6.07) is 9.58. The summed E-state index contributed by atoms with van der Waals surface area (Å²) in [7, 11) is 0. The molecule has 0 unspecified atom stereocenters. The van der Waals surface area contributed by atoms with E-state index in [1.54, 1.807) is 9.80 Å². The van der Waals surface area contributed by atoms with Crippen LogP contribution in [0.4, 0.5) is 29.3 Å². The lowest BCUT2D eigenvalue weighted by Crippen LogP contribution is -2.50. The smallest absolute Gasteiger partial charge is 0.418 e. The van der Waals surface area contributed by atoms with Crippen molar-refractivity contribution in [2.24, 2.45) is 5.41 Å². The van der Waals surface area contributed by atoms with Gasteiger partial charge in [-0.25, -0.2) is 4.79 Å². The number of fused-ring (bicyclic) bond motifs is 1. The number of nitrogens with two attached hydrogens (primary N) is 1. The number of carboxylic acids is 1. The third kappa shape index (κ3) is 6.32. The first kappa shape index (κ1) is 28.7. The molecule has 2 heterocycles. The van der Waals surface area contributed by atoms with Crippen LogP contribution in [0.2, 0.25) is 0 Å². The molecular formula is C27H30BrF3N4O4. The van der Waals surface area contributed by atoms with Gasteiger partial charge in [0.15, 0.2) is 0 Å². The minimum absolute atomic E-state index is 0.00843. The number of para-hydroxylation sites is 1. The van der Waals surface area contributed by atoms with Crippen LogP contribution in [0, 0.1) is 5.41 Å². The van der Waals surface area contributed by atoms with E-state index in [9.17, 15) is 32.7 Å². The summed E-state index contributed by atoms with van der Waals surface area (Å²) < 4.78 is 40.3. The quantitative estimate of drug-likeness (QED) is 0.391. The second-order valence-corrected chi connectivity index (χ2v) is 11.3. The summed E-state index contributed by atoms with van der Waals surface area (Å²) in [4.78, 5) is 41.6. The second kappa shape index (κ2) is 11.1. The average Bonchev–Trinajstić information content (AvgIpc) is 3.03. The minimum Gasteiger partial charge on any atom is -0.481 e. The number of anilines is 2. The van der Waals surface area contributed by atoms with Gasteiger partial charge in [-0.05, 0) is 77.9 Å². The molecule has 0 aliphatic carbocycles. The third-order valence-electron chi connectivity index (χ3n) is 7.55. The van der Waals surface area contributed by atoms with E-state index in [4.69, 9.17) is 5.73 Å². The first-order valence-electron chi connectivity index (χ1n) is 12.6. The van der Waals surface area contributed by atoms with E-state index in [0.29, 0.717) is 38.9 Å². The number of piperidine rings is 1. The SMILES string of the molecule is C[C@@](CC(=O)N1CCC(N2CCc3ccccc3NC2=O)CC1)(Cc1cc(Br)c(N)c(C(F)(F)F)c1)C(=O)O. The number of nitrogen functional groups attached to an aromatic ring is 1. The highest BCUT2D eigenvalue weighted by molar-refractivity contribution is 9.10. The van der Waals surface area contributed by atoms with Gasteiger partial charge < -0.3 is 26.0 Å². The number of rotatable bonds is 6. The number of aliphatic carboxylic acids is 1. The number of nitrogens with zero attached hydrogens (tertiary/aromatic N) is 2. The van der Waals surface area contributed by atoms with Crippen molar-refractivity contribution in [1.82, 2.24) is 9.80 Å². The number of hydrogen-bond donors (Lipinski definition) is 3. The zero-order valence-corrected chi connectivity index (χ0v) is 22.9. The van der Waals surface area contributed by atoms with Gasteiger partial charge in [-0.1, -0.05) is 18.2 Å². The Morgan fingerprint density at radius 1 is 1.15 bits per heavy atom. The van der Waals surface area contributed by atoms with Crippen LogP contribution in [-0.4, -0.2) is 58.5 Å². The van der Waals surface area contributed by atoms with Crippen molar-refractivity contribution in [1.29, 1.82) is 0 Å². The molecule has 0 bridgehead atoms. The Morgan fingerprint density at radius 3 is 2.46 bits per heavy atom. The molecule has 1 atom stereocenters. The van der Waals surface area contributed by atoms with Gasteiger partial charge in [0.05, 0.1) is 16.7 Å². The molecule has 39 heavy (non-hydrogen) atoms. The number of carbonyl (C=O) groups excluding carboxylic acids is 2. The number of carboxylic acid groups (broad SMARTS) is 1. The highest BCUT2D eigenvalue weighted by Gasteiger charge is 2.40. The van der Waals surface area contributed by atoms with E-state index in [1.807, 2.05) is 24.3 Å². The van der Waals surface area contributed by atoms with Crippen molar-refractivity contribution in [3.63, 3.8) is 0 Å². The number of halogens is 4. The lowest BCUT2D eigenvalue weighted by atomic mass is 9.79. The summed E-state index contributed by atoms with van der Waals surface area (Å²) in [5.41, 5.74) is 4.35. The maximum absolute atomic E-state index is 13.4. The van der Waals surface area contributed by atoms with Crippen molar-refractivity contribution in [2.45, 2.75) is 51.2 Å². The van der Waals surface area contributed by atoms with Crippen LogP contribution in [0.1, 0.15) is 42.9 Å². The molecule has 8 nitrogen and oxygen atoms in total. The van der Waals surface area contributed by atoms with Gasteiger partial charge >= 0.3 is 18.2 Å². The van der Waals surface area contributed by atoms with E-state index >= 15 is 0 Å². The summed E-state index contributed by atoms with van der Waals surface area (Å²) in [6.45, 7) is 2.61. The fraction of sp³-hybridized carbons (Fsp3) is 0.444. The van der Waals surface area contributed by atoms with Crippen LogP contribution >= 0.6 is 15.9 Å². The molecule has 2 aliphatic rings. The second-order valence-electron chi connectivity index (χ2n) is 10.4. The fourth-order valence-electron chi connectivity index (χ4n) is 5.29. The van der Waals surface area contributed by atoms with Crippen LogP contribution in [0.25, 0.3) is 0 Å². The molecule has 0 radical (unpaired) electrons. The third-order valence-corrected chi connectivity index (χ3v) is 8.20. The summed E-state index contributed by atoms with van der Waals surface area (Å²) in [5.74, 6) is -1.68. The number of amides is 3. The zero-order chi connectivity index (χ0) is 28.5. The number of likely N-dealkylation sites (tertiary alicyclic amines) is 1. The molecule has 2 aromatic carbocycles. The normalized spacial score (nSPS) is 18.1. The molecule has 4 rings (SSSR count). The molecule has 2 aliphatic heterocycles. The van der Waals surface area contributed by atoms with Crippen LogP contribution in [0.5, 0.6) is 0 Å². The van der Waals surface area contributed by atoms with Crippen LogP contribution in [0.3, 0.4) is 0 Å². The molecule has 0 saturated carbocycles. The van der Waals surface area contributed by atoms with Gasteiger partial charge in [0.25, 0.3) is 0 Å². The Labute approximate surface area is 232 Å². The number of carbonyl (C=O) groups is 3. The molecule has 1 fully saturated rings. The number of nitrogens with one attached hydrogen (secondary N) is 1. The minimum atomic E-state index is -4.71. The Morgan fingerprint density at radius 2 is 1.82 bits per heavy atom. The van der Waals surface area contributed by atoms with Gasteiger partial charge in [0, 0.05) is 42.3 Å². The highest BCUT2D eigenvalue weighted by Crippen LogP contribution is 2.40. The molecule has 1 saturated heterocycles. The van der Waals surface area contributed by atoms with E-state index in [0.717, 1.165) is 17.3 Å². The first-order chi connectivity index (χ1) is 18.3. The van der Waals surface area contributed by atoms with E-state index < -0.39 is 34.7 Å². The van der Waals surface area contributed by atoms with E-state index in [1.165, 1.54) is 13.0 Å². The highest BCUT2D eigenvalue weighted by atomic mass is 79.9. The Hall–Kier alpha value is -3.28. The van der Waals surface area contributed by atoms with Gasteiger partial charge in [-0.15, -0.1) is 0 Å². The van der Waals surface area contributed by atoms with Crippen molar-refractivity contribution in [3.8, 4) is 0 Å². The molecule has 210 valence electrons. The van der Waals surface area contributed by atoms with Gasteiger partial charge in [-0.3, -0.25) is 9.59 Å². The standard InChI is InChI=1S/C27H30BrF3N4O4/c1-26(24(37)38,14-16-12-19(27(29,30)31)23(32)20(28)13-16)15-22(36)34-9-7-18(8-10-34)35-11-6-17-4-2-3-5-21(17)33-25(35)39/h2-5,12-13,18H,6-11,14-15,32H2,1H3,(H,33,39)(H,37,38)/t26-/m0/s1. The van der Waals surface area contributed by atoms with E-state index in [-0.39, 0.29) is 35.0 Å². The molecule has 12 heteroatoms. The average molecular weight is 611 g/mol. The van der Waals surface area contributed by atoms with Crippen molar-refractivity contribution in [3.05, 3.63) is 57.6 Å². The molecular weight excluding hydrogens is 581 g/mol. The molecule has 2 aromatic rings. The Balaban J connectivity index is 1.40. The number of hydrogen-bond acceptors (Lipinski definition) is 4. The topological polar surface area (TPSA) is 116 Å². The predicted molar refractivity (Wildman–Crippen MR) is 143 cm³/mol. The predicted octanol–water partition coefficient (Wildman–Crippen LogP) is 5.15. The maximum atomic E-state index is 13.4. The van der Waals surface area contributed by atoms with Crippen molar-refractivity contribution >= 4 is 45.2 Å². The monoisotopic (exact) mass is 610 g/mol. The van der Waals surface area contributed by atoms with Crippen molar-refractivity contribution < 1.29 is 32.7 Å². The summed E-state index contributed by atoms with van der Waals surface area (Å²) in [5, 5.41) is 12.9. The lowest BCUT2D eigenvalue weighted by Gasteiger charge is -2.39. The Bertz CT molecular complexity index is 1280. The van der Waals surface area contributed by atoms with Crippen molar-refractivity contribution in [2.75, 3.05) is 30.7 Å². The van der Waals surface area contributed by atoms with Gasteiger partial charge in [-0.2, -0.15) is 13.2 Å². The maximum Gasteiger partial charge on any atom is 0.418 e. The van der Waals surface area contributed by atoms with Gasteiger partial charge in [0.1, 0.15) is 0 Å². The molecule has 0 spiro atoms. The number of benzene rings is 2. The van der Waals surface area contributed by atoms with E-state index in [2.05, 4.69) is 21.2 Å². The fourth-order valence-corrected chi connectivity index (χ4v) is 5.79. The zero-order valence-electron chi connectivity index (χ0n) is 21.4. The summed E-state index contributed by atoms with van der Waals surface area (Å²) in [6.07, 6.45) is -3.59.